The van der Waals surface area contributed by atoms with Crippen molar-refractivity contribution in [2.45, 2.75) is 36.8 Å². The van der Waals surface area contributed by atoms with Crippen LogP contribution in [-0.4, -0.2) is 20.3 Å². The van der Waals surface area contributed by atoms with E-state index in [2.05, 4.69) is 4.99 Å². The largest absolute Gasteiger partial charge is 0.396 e. The van der Waals surface area contributed by atoms with Crippen LogP contribution in [0.3, 0.4) is 0 Å². The molecule has 1 aromatic rings. The van der Waals surface area contributed by atoms with Crippen LogP contribution in [0, 0.1) is 5.92 Å². The quantitative estimate of drug-likeness (QED) is 0.909. The molecule has 4 nitrogen and oxygen atoms in total. The number of alkyl halides is 3. The number of sulfonamides is 1. The Balaban J connectivity index is 2.47. The van der Waals surface area contributed by atoms with Gasteiger partial charge in [-0.3, -0.25) is 4.99 Å². The van der Waals surface area contributed by atoms with E-state index in [9.17, 15) is 21.6 Å². The number of benzene rings is 1. The Morgan fingerprint density at radius 3 is 2.48 bits per heavy atom. The maximum Gasteiger partial charge on any atom is 0.396 e. The smallest absolute Gasteiger partial charge is 0.256 e. The van der Waals surface area contributed by atoms with E-state index in [0.29, 0.717) is 12.8 Å². The number of hydrogen-bond donors (Lipinski definition) is 1. The summed E-state index contributed by atoms with van der Waals surface area (Å²) < 4.78 is 61.9. The number of nitrogens with zero attached hydrogens (tertiary/aromatic N) is 1. The SMILES string of the molecule is NS(=O)(=O)c1ccccc1N=C1CCCCC1C(F)(F)F. The van der Waals surface area contributed by atoms with Crippen LogP contribution in [0.4, 0.5) is 18.9 Å². The molecule has 0 spiro atoms. The summed E-state index contributed by atoms with van der Waals surface area (Å²) in [4.78, 5) is 3.71. The first-order valence-electron chi connectivity index (χ1n) is 6.45. The Morgan fingerprint density at radius 2 is 1.86 bits per heavy atom. The third-order valence-corrected chi connectivity index (χ3v) is 4.37. The molecule has 0 bridgehead atoms. The zero-order valence-electron chi connectivity index (χ0n) is 11.1. The normalized spacial score (nSPS) is 22.5. The molecule has 0 radical (unpaired) electrons. The third kappa shape index (κ3) is 3.82. The number of nitrogens with two attached hydrogens (primary N) is 1. The van der Waals surface area contributed by atoms with E-state index in [1.165, 1.54) is 24.3 Å². The lowest BCUT2D eigenvalue weighted by Crippen LogP contribution is -2.33. The van der Waals surface area contributed by atoms with Crippen LogP contribution in [0.2, 0.25) is 0 Å². The van der Waals surface area contributed by atoms with Gasteiger partial charge in [-0.15, -0.1) is 0 Å². The van der Waals surface area contributed by atoms with Crippen molar-refractivity contribution in [1.82, 2.24) is 0 Å². The van der Waals surface area contributed by atoms with E-state index in [0.717, 1.165) is 0 Å². The third-order valence-electron chi connectivity index (χ3n) is 3.41. The summed E-state index contributed by atoms with van der Waals surface area (Å²) in [5, 5.41) is 5.06. The van der Waals surface area contributed by atoms with Gasteiger partial charge in [-0.05, 0) is 31.4 Å². The van der Waals surface area contributed by atoms with Gasteiger partial charge in [-0.1, -0.05) is 18.6 Å². The fraction of sp³-hybridized carbons (Fsp3) is 0.462. The molecule has 8 heteroatoms. The Morgan fingerprint density at radius 1 is 1.19 bits per heavy atom. The number of para-hydroxylation sites is 1. The molecule has 2 N–H and O–H groups in total. The van der Waals surface area contributed by atoms with Gasteiger partial charge < -0.3 is 0 Å². The molecule has 0 aliphatic heterocycles. The van der Waals surface area contributed by atoms with Crippen molar-refractivity contribution in [3.05, 3.63) is 24.3 Å². The monoisotopic (exact) mass is 320 g/mol. The van der Waals surface area contributed by atoms with E-state index in [4.69, 9.17) is 5.14 Å². The lowest BCUT2D eigenvalue weighted by Gasteiger charge is -2.26. The van der Waals surface area contributed by atoms with Crippen LogP contribution >= 0.6 is 0 Å². The molecule has 1 unspecified atom stereocenters. The van der Waals surface area contributed by atoms with Crippen molar-refractivity contribution in [3.63, 3.8) is 0 Å². The molecule has 0 heterocycles. The van der Waals surface area contributed by atoms with E-state index >= 15 is 0 Å². The second-order valence-corrected chi connectivity index (χ2v) is 6.49. The Kier molecular flexibility index (Phi) is 4.38. The lowest BCUT2D eigenvalue weighted by molar-refractivity contribution is -0.158. The molecule has 116 valence electrons. The van der Waals surface area contributed by atoms with Crippen LogP contribution in [0.25, 0.3) is 0 Å². The maximum atomic E-state index is 13.0. The van der Waals surface area contributed by atoms with E-state index < -0.39 is 22.1 Å². The average Bonchev–Trinajstić information content (AvgIpc) is 2.37. The molecule has 2 rings (SSSR count). The van der Waals surface area contributed by atoms with Gasteiger partial charge in [0.25, 0.3) is 0 Å². The van der Waals surface area contributed by atoms with Gasteiger partial charge in [0.1, 0.15) is 4.90 Å². The van der Waals surface area contributed by atoms with Crippen LogP contribution in [0.5, 0.6) is 0 Å². The first kappa shape index (κ1) is 16.0. The van der Waals surface area contributed by atoms with Crippen LogP contribution in [0.15, 0.2) is 34.2 Å². The maximum absolute atomic E-state index is 13.0. The minimum absolute atomic E-state index is 0.0140. The summed E-state index contributed by atoms with van der Waals surface area (Å²) in [7, 11) is -4.03. The highest BCUT2D eigenvalue weighted by Crippen LogP contribution is 2.37. The van der Waals surface area contributed by atoms with Crippen LogP contribution in [-0.2, 0) is 10.0 Å². The first-order valence-corrected chi connectivity index (χ1v) is 8.00. The van der Waals surface area contributed by atoms with Gasteiger partial charge in [0.2, 0.25) is 10.0 Å². The second kappa shape index (κ2) is 5.76. The lowest BCUT2D eigenvalue weighted by atomic mass is 9.86. The molecule has 1 fully saturated rings. The highest BCUT2D eigenvalue weighted by atomic mass is 32.2. The molecule has 0 amide bonds. The predicted molar refractivity (Wildman–Crippen MR) is 72.9 cm³/mol. The van der Waals surface area contributed by atoms with E-state index in [1.54, 1.807) is 0 Å². The fourth-order valence-electron chi connectivity index (χ4n) is 2.43. The molecule has 1 atom stereocenters. The van der Waals surface area contributed by atoms with Crippen molar-refractivity contribution < 1.29 is 21.6 Å². The number of rotatable bonds is 2. The zero-order valence-corrected chi connectivity index (χ0v) is 11.9. The Labute approximate surface area is 120 Å². The molecule has 1 saturated carbocycles. The highest BCUT2D eigenvalue weighted by Gasteiger charge is 2.43. The molecule has 1 aliphatic carbocycles. The zero-order chi connectivity index (χ0) is 15.7. The van der Waals surface area contributed by atoms with Crippen molar-refractivity contribution in [2.75, 3.05) is 0 Å². The van der Waals surface area contributed by atoms with Gasteiger partial charge in [-0.25, -0.2) is 13.6 Å². The first-order chi connectivity index (χ1) is 9.69. The molecule has 0 saturated heterocycles. The standard InChI is InChI=1S/C13H15F3N2O2S/c14-13(15,16)9-5-1-2-6-10(9)18-11-7-3-4-8-12(11)21(17,19)20/h3-4,7-9H,1-2,5-6H2,(H2,17,19,20). The second-order valence-electron chi connectivity index (χ2n) is 4.96. The molecular formula is C13H15F3N2O2S. The summed E-state index contributed by atoms with van der Waals surface area (Å²) in [5.74, 6) is -1.61. The minimum Gasteiger partial charge on any atom is -0.256 e. The summed E-state index contributed by atoms with van der Waals surface area (Å²) in [6.07, 6.45) is -3.07. The number of halogens is 3. The van der Waals surface area contributed by atoms with Crippen molar-refractivity contribution in [2.24, 2.45) is 16.0 Å². The average molecular weight is 320 g/mol. The van der Waals surface area contributed by atoms with Gasteiger partial charge in [0.05, 0.1) is 11.6 Å². The van der Waals surface area contributed by atoms with Crippen molar-refractivity contribution in [3.8, 4) is 0 Å². The summed E-state index contributed by atoms with van der Waals surface area (Å²) in [6, 6.07) is 5.56. The van der Waals surface area contributed by atoms with Gasteiger partial charge in [0.15, 0.2) is 0 Å². The van der Waals surface area contributed by atoms with Gasteiger partial charge >= 0.3 is 6.18 Å². The van der Waals surface area contributed by atoms with Gasteiger partial charge in [-0.2, -0.15) is 13.2 Å². The fourth-order valence-corrected chi connectivity index (χ4v) is 3.10. The van der Waals surface area contributed by atoms with Crippen molar-refractivity contribution in [1.29, 1.82) is 0 Å². The number of aliphatic imine (C=N–C) groups is 1. The summed E-state index contributed by atoms with van der Waals surface area (Å²) in [6.45, 7) is 0. The molecule has 1 aromatic carbocycles. The molecule has 0 aromatic heterocycles. The minimum atomic E-state index is -4.37. The summed E-state index contributed by atoms with van der Waals surface area (Å²) >= 11 is 0. The molecular weight excluding hydrogens is 305 g/mol. The predicted octanol–water partition coefficient (Wildman–Crippen LogP) is 3.16. The summed E-state index contributed by atoms with van der Waals surface area (Å²) in [5.41, 5.74) is -0.0593. The highest BCUT2D eigenvalue weighted by molar-refractivity contribution is 7.89. The van der Waals surface area contributed by atoms with Crippen LogP contribution < -0.4 is 5.14 Å². The molecule has 1 aliphatic rings. The number of primary sulfonamides is 1. The van der Waals surface area contributed by atoms with Crippen LogP contribution in [0.1, 0.15) is 25.7 Å². The van der Waals surface area contributed by atoms with E-state index in [1.807, 2.05) is 0 Å². The van der Waals surface area contributed by atoms with Gasteiger partial charge in [0, 0.05) is 5.71 Å². The Hall–Kier alpha value is -1.41. The molecule has 21 heavy (non-hydrogen) atoms. The van der Waals surface area contributed by atoms with E-state index in [-0.39, 0.29) is 29.1 Å². The number of hydrogen-bond acceptors (Lipinski definition) is 3. The topological polar surface area (TPSA) is 72.5 Å². The van der Waals surface area contributed by atoms with Crippen molar-refractivity contribution >= 4 is 21.4 Å². The Bertz CT molecular complexity index is 654.